The molecular formula is C10H9BrN4O2. The van der Waals surface area contributed by atoms with Crippen molar-refractivity contribution in [1.82, 2.24) is 9.78 Å². The van der Waals surface area contributed by atoms with Crippen molar-refractivity contribution >= 4 is 27.4 Å². The third-order valence-corrected chi connectivity index (χ3v) is 2.76. The molecule has 0 saturated carbocycles. The van der Waals surface area contributed by atoms with Gasteiger partial charge in [-0.15, -0.1) is 0 Å². The number of nitrogens with two attached hydrogens (primary N) is 1. The molecule has 0 aliphatic carbocycles. The SMILES string of the molecule is Cn1nc(-c2cc(Br)cc([N+](=O)[O-])c2)cc1N. The fraction of sp³-hybridized carbons (Fsp3) is 0.100. The summed E-state index contributed by atoms with van der Waals surface area (Å²) in [5.41, 5.74) is 6.94. The Balaban J connectivity index is 2.55. The fourth-order valence-corrected chi connectivity index (χ4v) is 1.93. The van der Waals surface area contributed by atoms with Crippen LogP contribution < -0.4 is 5.73 Å². The number of hydrogen-bond acceptors (Lipinski definition) is 4. The number of rotatable bonds is 2. The number of nitrogen functional groups attached to an aromatic ring is 1. The summed E-state index contributed by atoms with van der Waals surface area (Å²) < 4.78 is 2.15. The van der Waals surface area contributed by atoms with Crippen molar-refractivity contribution in [2.45, 2.75) is 0 Å². The van der Waals surface area contributed by atoms with Crippen molar-refractivity contribution in [2.24, 2.45) is 7.05 Å². The minimum Gasteiger partial charge on any atom is -0.384 e. The number of benzene rings is 1. The van der Waals surface area contributed by atoms with Gasteiger partial charge in [0, 0.05) is 35.3 Å². The average molecular weight is 297 g/mol. The van der Waals surface area contributed by atoms with Gasteiger partial charge in [0.15, 0.2) is 0 Å². The van der Waals surface area contributed by atoms with E-state index < -0.39 is 4.92 Å². The van der Waals surface area contributed by atoms with Crippen molar-refractivity contribution in [1.29, 1.82) is 0 Å². The van der Waals surface area contributed by atoms with Gasteiger partial charge in [0.2, 0.25) is 0 Å². The van der Waals surface area contributed by atoms with Gasteiger partial charge >= 0.3 is 0 Å². The standard InChI is InChI=1S/C10H9BrN4O2/c1-14-10(12)5-9(13-14)6-2-7(11)4-8(3-6)15(16)17/h2-5H,12H2,1H3. The van der Waals surface area contributed by atoms with Crippen LogP contribution in [0.15, 0.2) is 28.7 Å². The summed E-state index contributed by atoms with van der Waals surface area (Å²) >= 11 is 3.23. The molecule has 0 unspecified atom stereocenters. The second kappa shape index (κ2) is 4.17. The van der Waals surface area contributed by atoms with Gasteiger partial charge in [-0.3, -0.25) is 14.8 Å². The fourth-order valence-electron chi connectivity index (χ4n) is 1.45. The van der Waals surface area contributed by atoms with Crippen molar-refractivity contribution in [2.75, 3.05) is 5.73 Å². The highest BCUT2D eigenvalue weighted by atomic mass is 79.9. The lowest BCUT2D eigenvalue weighted by atomic mass is 10.1. The van der Waals surface area contributed by atoms with Gasteiger partial charge in [0.1, 0.15) is 5.82 Å². The van der Waals surface area contributed by atoms with E-state index in [0.717, 1.165) is 0 Å². The van der Waals surface area contributed by atoms with Gasteiger partial charge in [0.05, 0.1) is 10.6 Å². The Hall–Kier alpha value is -1.89. The molecule has 1 aromatic carbocycles. The molecule has 0 saturated heterocycles. The zero-order valence-corrected chi connectivity index (χ0v) is 10.5. The molecule has 88 valence electrons. The van der Waals surface area contributed by atoms with E-state index in [0.29, 0.717) is 21.5 Å². The number of hydrogen-bond donors (Lipinski definition) is 1. The van der Waals surface area contributed by atoms with E-state index in [1.807, 2.05) is 0 Å². The molecule has 0 aliphatic heterocycles. The van der Waals surface area contributed by atoms with Crippen LogP contribution in [0.3, 0.4) is 0 Å². The van der Waals surface area contributed by atoms with Crippen molar-refractivity contribution < 1.29 is 4.92 Å². The first-order valence-electron chi connectivity index (χ1n) is 4.72. The van der Waals surface area contributed by atoms with Crippen LogP contribution in [0, 0.1) is 10.1 Å². The third-order valence-electron chi connectivity index (χ3n) is 2.31. The van der Waals surface area contributed by atoms with Gasteiger partial charge in [-0.25, -0.2) is 0 Å². The third kappa shape index (κ3) is 2.28. The van der Waals surface area contributed by atoms with E-state index in [9.17, 15) is 10.1 Å². The predicted molar refractivity (Wildman–Crippen MR) is 67.4 cm³/mol. The minimum absolute atomic E-state index is 0.0126. The first-order chi connectivity index (χ1) is 7.97. The summed E-state index contributed by atoms with van der Waals surface area (Å²) in [6.07, 6.45) is 0. The second-order valence-corrected chi connectivity index (χ2v) is 4.45. The van der Waals surface area contributed by atoms with Crippen LogP contribution in [0.1, 0.15) is 0 Å². The lowest BCUT2D eigenvalue weighted by Crippen LogP contribution is -1.96. The molecule has 6 nitrogen and oxygen atoms in total. The molecule has 1 heterocycles. The molecule has 0 bridgehead atoms. The molecule has 0 aliphatic rings. The number of nitro benzene ring substituents is 1. The Morgan fingerprint density at radius 1 is 1.41 bits per heavy atom. The Kier molecular flexibility index (Phi) is 2.84. The summed E-state index contributed by atoms with van der Waals surface area (Å²) in [7, 11) is 1.71. The van der Waals surface area contributed by atoms with E-state index in [2.05, 4.69) is 21.0 Å². The molecule has 0 radical (unpaired) electrons. The zero-order chi connectivity index (χ0) is 12.6. The van der Waals surface area contributed by atoms with Crippen LogP contribution >= 0.6 is 15.9 Å². The first kappa shape index (κ1) is 11.6. The maximum absolute atomic E-state index is 10.7. The number of aromatic nitrogens is 2. The predicted octanol–water partition coefficient (Wildman–Crippen LogP) is 2.34. The molecule has 1 aromatic heterocycles. The molecule has 0 atom stereocenters. The monoisotopic (exact) mass is 296 g/mol. The maximum atomic E-state index is 10.7. The number of non-ortho nitro benzene ring substituents is 1. The van der Waals surface area contributed by atoms with Crippen molar-refractivity contribution in [3.8, 4) is 11.3 Å². The van der Waals surface area contributed by atoms with Crippen LogP contribution in [0.25, 0.3) is 11.3 Å². The Morgan fingerprint density at radius 2 is 2.12 bits per heavy atom. The lowest BCUT2D eigenvalue weighted by Gasteiger charge is -1.98. The number of nitrogens with zero attached hydrogens (tertiary/aromatic N) is 3. The Labute approximate surface area is 105 Å². The van der Waals surface area contributed by atoms with Gasteiger partial charge in [-0.2, -0.15) is 5.10 Å². The molecule has 2 N–H and O–H groups in total. The van der Waals surface area contributed by atoms with E-state index in [4.69, 9.17) is 5.73 Å². The van der Waals surface area contributed by atoms with Gasteiger partial charge in [0.25, 0.3) is 5.69 Å². The Bertz CT molecular complexity index is 574. The quantitative estimate of drug-likeness (QED) is 0.680. The van der Waals surface area contributed by atoms with Crippen LogP contribution in [0.5, 0.6) is 0 Å². The summed E-state index contributed by atoms with van der Waals surface area (Å²) in [5.74, 6) is 0.502. The summed E-state index contributed by atoms with van der Waals surface area (Å²) in [6, 6.07) is 6.34. The summed E-state index contributed by atoms with van der Waals surface area (Å²) in [6.45, 7) is 0. The van der Waals surface area contributed by atoms with Crippen molar-refractivity contribution in [3.63, 3.8) is 0 Å². The van der Waals surface area contributed by atoms with Gasteiger partial charge in [-0.05, 0) is 6.07 Å². The number of halogens is 1. The Morgan fingerprint density at radius 3 is 2.65 bits per heavy atom. The van der Waals surface area contributed by atoms with Crippen LogP contribution in [-0.2, 0) is 7.05 Å². The largest absolute Gasteiger partial charge is 0.384 e. The summed E-state index contributed by atoms with van der Waals surface area (Å²) in [4.78, 5) is 10.3. The maximum Gasteiger partial charge on any atom is 0.271 e. The smallest absolute Gasteiger partial charge is 0.271 e. The van der Waals surface area contributed by atoms with Gasteiger partial charge < -0.3 is 5.73 Å². The van der Waals surface area contributed by atoms with E-state index in [-0.39, 0.29) is 5.69 Å². The highest BCUT2D eigenvalue weighted by Crippen LogP contribution is 2.28. The van der Waals surface area contributed by atoms with Crippen LogP contribution in [0.2, 0.25) is 0 Å². The van der Waals surface area contributed by atoms with Crippen LogP contribution in [0.4, 0.5) is 11.5 Å². The molecule has 7 heteroatoms. The highest BCUT2D eigenvalue weighted by molar-refractivity contribution is 9.10. The minimum atomic E-state index is -0.444. The van der Waals surface area contributed by atoms with E-state index in [1.54, 1.807) is 19.2 Å². The molecular weight excluding hydrogens is 288 g/mol. The molecule has 2 rings (SSSR count). The summed E-state index contributed by atoms with van der Waals surface area (Å²) in [5, 5.41) is 14.9. The molecule has 0 fully saturated rings. The van der Waals surface area contributed by atoms with Crippen LogP contribution in [-0.4, -0.2) is 14.7 Å². The molecule has 2 aromatic rings. The number of nitro groups is 1. The molecule has 17 heavy (non-hydrogen) atoms. The zero-order valence-electron chi connectivity index (χ0n) is 8.92. The second-order valence-electron chi connectivity index (χ2n) is 3.53. The molecule has 0 amide bonds. The number of aryl methyl sites for hydroxylation is 1. The van der Waals surface area contributed by atoms with Crippen molar-refractivity contribution in [3.05, 3.63) is 38.9 Å². The number of anilines is 1. The average Bonchev–Trinajstić information content (AvgIpc) is 2.58. The van der Waals surface area contributed by atoms with Gasteiger partial charge in [-0.1, -0.05) is 15.9 Å². The first-order valence-corrected chi connectivity index (χ1v) is 5.51. The topological polar surface area (TPSA) is 87.0 Å². The van der Waals surface area contributed by atoms with E-state index in [1.165, 1.54) is 16.8 Å². The normalized spacial score (nSPS) is 10.5. The molecule has 0 spiro atoms. The highest BCUT2D eigenvalue weighted by Gasteiger charge is 2.12. The van der Waals surface area contributed by atoms with E-state index >= 15 is 0 Å². The lowest BCUT2D eigenvalue weighted by molar-refractivity contribution is -0.384.